The van der Waals surface area contributed by atoms with Gasteiger partial charge in [0.15, 0.2) is 0 Å². The molecule has 1 atom stereocenters. The van der Waals surface area contributed by atoms with Crippen molar-refractivity contribution >= 4 is 23.4 Å². The zero-order valence-corrected chi connectivity index (χ0v) is 18.3. The predicted molar refractivity (Wildman–Crippen MR) is 119 cm³/mol. The number of carbonyl (C=O) groups excluding carboxylic acids is 2. The Bertz CT molecular complexity index is 822. The van der Waals surface area contributed by atoms with E-state index in [0.717, 1.165) is 29.5 Å². The lowest BCUT2D eigenvalue weighted by Crippen LogP contribution is -2.49. The van der Waals surface area contributed by atoms with Crippen LogP contribution in [0.15, 0.2) is 48.5 Å². The summed E-state index contributed by atoms with van der Waals surface area (Å²) < 4.78 is 0. The number of aryl methyl sites for hydroxylation is 1. The van der Waals surface area contributed by atoms with Crippen LogP contribution in [0.4, 0.5) is 0 Å². The first kappa shape index (κ1) is 23.0. The molecule has 0 aliphatic rings. The largest absolute Gasteiger partial charge is 0.354 e. The van der Waals surface area contributed by atoms with Crippen LogP contribution in [-0.4, -0.2) is 29.3 Å². The molecule has 0 aliphatic carbocycles. The third kappa shape index (κ3) is 6.90. The number of nitrogens with zero attached hydrogens (tertiary/aromatic N) is 1. The standard InChI is InChI=1S/C24H31ClN2O2/c1-4-6-14-26-24(29)22(5-2)27(17-19-11-9-10-18(3)15-19)23(28)16-20-12-7-8-13-21(20)25/h7-13,15,22H,4-6,14,16-17H2,1-3H3,(H,26,29)/t22-/m0/s1. The van der Waals surface area contributed by atoms with Crippen LogP contribution in [-0.2, 0) is 22.6 Å². The van der Waals surface area contributed by atoms with Gasteiger partial charge >= 0.3 is 0 Å². The minimum atomic E-state index is -0.512. The second-order valence-electron chi connectivity index (χ2n) is 7.35. The molecule has 0 bridgehead atoms. The van der Waals surface area contributed by atoms with Crippen molar-refractivity contribution < 1.29 is 9.59 Å². The molecular formula is C24H31ClN2O2. The van der Waals surface area contributed by atoms with E-state index >= 15 is 0 Å². The first-order valence-corrected chi connectivity index (χ1v) is 10.7. The molecule has 2 rings (SSSR count). The number of hydrogen-bond donors (Lipinski definition) is 1. The topological polar surface area (TPSA) is 49.4 Å². The third-order valence-electron chi connectivity index (χ3n) is 4.95. The van der Waals surface area contributed by atoms with Gasteiger partial charge in [-0.1, -0.05) is 79.9 Å². The molecular weight excluding hydrogens is 384 g/mol. The average Bonchev–Trinajstić information content (AvgIpc) is 2.70. The molecule has 29 heavy (non-hydrogen) atoms. The number of hydrogen-bond acceptors (Lipinski definition) is 2. The fourth-order valence-electron chi connectivity index (χ4n) is 3.34. The van der Waals surface area contributed by atoms with Gasteiger partial charge in [-0.2, -0.15) is 0 Å². The maximum absolute atomic E-state index is 13.3. The Hall–Kier alpha value is -2.33. The van der Waals surface area contributed by atoms with Gasteiger partial charge in [0.25, 0.3) is 0 Å². The number of halogens is 1. The van der Waals surface area contributed by atoms with Crippen molar-refractivity contribution in [3.63, 3.8) is 0 Å². The van der Waals surface area contributed by atoms with Gasteiger partial charge < -0.3 is 10.2 Å². The summed E-state index contributed by atoms with van der Waals surface area (Å²) in [6.45, 7) is 7.07. The van der Waals surface area contributed by atoms with E-state index in [1.54, 1.807) is 11.0 Å². The maximum Gasteiger partial charge on any atom is 0.242 e. The van der Waals surface area contributed by atoms with Crippen molar-refractivity contribution in [3.05, 3.63) is 70.2 Å². The van der Waals surface area contributed by atoms with Crippen LogP contribution in [0.25, 0.3) is 0 Å². The summed E-state index contributed by atoms with van der Waals surface area (Å²) in [5, 5.41) is 3.55. The van der Waals surface area contributed by atoms with Crippen LogP contribution >= 0.6 is 11.6 Å². The van der Waals surface area contributed by atoms with Crippen LogP contribution in [0.1, 0.15) is 49.8 Å². The van der Waals surface area contributed by atoms with E-state index in [0.29, 0.717) is 24.5 Å². The number of benzene rings is 2. The molecule has 156 valence electrons. The first-order chi connectivity index (χ1) is 14.0. The molecule has 0 spiro atoms. The summed E-state index contributed by atoms with van der Waals surface area (Å²) in [7, 11) is 0. The van der Waals surface area contributed by atoms with E-state index in [2.05, 4.69) is 18.3 Å². The van der Waals surface area contributed by atoms with Crippen molar-refractivity contribution in [2.24, 2.45) is 0 Å². The highest BCUT2D eigenvalue weighted by Crippen LogP contribution is 2.19. The summed E-state index contributed by atoms with van der Waals surface area (Å²) in [5.74, 6) is -0.196. The molecule has 5 heteroatoms. The van der Waals surface area contributed by atoms with Crippen molar-refractivity contribution in [3.8, 4) is 0 Å². The van der Waals surface area contributed by atoms with Crippen LogP contribution in [0.3, 0.4) is 0 Å². The second kappa shape index (κ2) is 11.6. The van der Waals surface area contributed by atoms with Gasteiger partial charge in [-0.15, -0.1) is 0 Å². The van der Waals surface area contributed by atoms with Gasteiger partial charge in [0, 0.05) is 18.1 Å². The Morgan fingerprint density at radius 2 is 1.86 bits per heavy atom. The lowest BCUT2D eigenvalue weighted by atomic mass is 10.1. The van der Waals surface area contributed by atoms with Crippen LogP contribution in [0.5, 0.6) is 0 Å². The van der Waals surface area contributed by atoms with Crippen molar-refractivity contribution in [1.29, 1.82) is 0 Å². The SMILES string of the molecule is CCCCNC(=O)[C@H](CC)N(Cc1cccc(C)c1)C(=O)Cc1ccccc1Cl. The van der Waals surface area contributed by atoms with E-state index in [1.165, 1.54) is 0 Å². The monoisotopic (exact) mass is 414 g/mol. The van der Waals surface area contributed by atoms with Crippen molar-refractivity contribution in [2.45, 2.75) is 59.0 Å². The molecule has 0 aliphatic heterocycles. The molecule has 0 radical (unpaired) electrons. The Morgan fingerprint density at radius 1 is 1.10 bits per heavy atom. The van der Waals surface area contributed by atoms with Crippen LogP contribution in [0.2, 0.25) is 5.02 Å². The smallest absolute Gasteiger partial charge is 0.242 e. The molecule has 0 saturated heterocycles. The summed E-state index contributed by atoms with van der Waals surface area (Å²) in [5.41, 5.74) is 2.91. The number of unbranched alkanes of at least 4 members (excludes halogenated alkanes) is 1. The van der Waals surface area contributed by atoms with Crippen LogP contribution in [0, 0.1) is 6.92 Å². The number of nitrogens with one attached hydrogen (secondary N) is 1. The van der Waals surface area contributed by atoms with Crippen LogP contribution < -0.4 is 5.32 Å². The van der Waals surface area contributed by atoms with E-state index in [4.69, 9.17) is 11.6 Å². The number of rotatable bonds is 10. The Labute approximate surface area is 179 Å². The van der Waals surface area contributed by atoms with Crippen molar-refractivity contribution in [2.75, 3.05) is 6.54 Å². The minimum Gasteiger partial charge on any atom is -0.354 e. The molecule has 0 aromatic heterocycles. The zero-order chi connectivity index (χ0) is 21.2. The Morgan fingerprint density at radius 3 is 2.52 bits per heavy atom. The van der Waals surface area contributed by atoms with Gasteiger partial charge in [0.1, 0.15) is 6.04 Å². The predicted octanol–water partition coefficient (Wildman–Crippen LogP) is 4.91. The molecule has 2 aromatic rings. The molecule has 2 amide bonds. The van der Waals surface area contributed by atoms with Gasteiger partial charge in [0.05, 0.1) is 6.42 Å². The number of carbonyl (C=O) groups is 2. The van der Waals surface area contributed by atoms with Gasteiger partial charge in [-0.25, -0.2) is 0 Å². The quantitative estimate of drug-likeness (QED) is 0.561. The Kier molecular flexibility index (Phi) is 9.20. The molecule has 0 heterocycles. The lowest BCUT2D eigenvalue weighted by molar-refractivity contribution is -0.140. The summed E-state index contributed by atoms with van der Waals surface area (Å²) in [6.07, 6.45) is 2.66. The lowest BCUT2D eigenvalue weighted by Gasteiger charge is -2.31. The molecule has 4 nitrogen and oxygen atoms in total. The Balaban J connectivity index is 2.26. The molecule has 2 aromatic carbocycles. The van der Waals surface area contributed by atoms with E-state index in [-0.39, 0.29) is 18.2 Å². The van der Waals surface area contributed by atoms with Crippen molar-refractivity contribution in [1.82, 2.24) is 10.2 Å². The van der Waals surface area contributed by atoms with E-state index in [9.17, 15) is 9.59 Å². The fraction of sp³-hybridized carbons (Fsp3) is 0.417. The van der Waals surface area contributed by atoms with Gasteiger partial charge in [-0.3, -0.25) is 9.59 Å². The number of amides is 2. The maximum atomic E-state index is 13.3. The summed E-state index contributed by atoms with van der Waals surface area (Å²) in [4.78, 5) is 27.8. The molecule has 1 N–H and O–H groups in total. The molecule has 0 fully saturated rings. The zero-order valence-electron chi connectivity index (χ0n) is 17.6. The highest BCUT2D eigenvalue weighted by molar-refractivity contribution is 6.31. The van der Waals surface area contributed by atoms with Gasteiger partial charge in [-0.05, 0) is 37.0 Å². The van der Waals surface area contributed by atoms with E-state index in [1.807, 2.05) is 50.2 Å². The fourth-order valence-corrected chi connectivity index (χ4v) is 3.54. The first-order valence-electron chi connectivity index (χ1n) is 10.3. The van der Waals surface area contributed by atoms with Gasteiger partial charge in [0.2, 0.25) is 11.8 Å². The second-order valence-corrected chi connectivity index (χ2v) is 7.75. The summed E-state index contributed by atoms with van der Waals surface area (Å²) >= 11 is 6.26. The third-order valence-corrected chi connectivity index (χ3v) is 5.32. The summed E-state index contributed by atoms with van der Waals surface area (Å²) in [6, 6.07) is 14.9. The average molecular weight is 415 g/mol. The normalized spacial score (nSPS) is 11.7. The highest BCUT2D eigenvalue weighted by atomic mass is 35.5. The minimum absolute atomic E-state index is 0.0962. The molecule has 0 saturated carbocycles. The van der Waals surface area contributed by atoms with E-state index < -0.39 is 6.04 Å². The highest BCUT2D eigenvalue weighted by Gasteiger charge is 2.28. The molecule has 0 unspecified atom stereocenters.